The van der Waals surface area contributed by atoms with Crippen LogP contribution in [0.25, 0.3) is 0 Å². The topological polar surface area (TPSA) is 17.1 Å². The number of rotatable bonds is 5. The summed E-state index contributed by atoms with van der Waals surface area (Å²) in [5.41, 5.74) is 1.37. The van der Waals surface area contributed by atoms with Gasteiger partial charge in [0, 0.05) is 17.3 Å². The Kier molecular flexibility index (Phi) is 4.95. The summed E-state index contributed by atoms with van der Waals surface area (Å²) in [5.74, 6) is -0.182. The summed E-state index contributed by atoms with van der Waals surface area (Å²) >= 11 is 3.32. The first-order chi connectivity index (χ1) is 7.15. The van der Waals surface area contributed by atoms with Crippen molar-refractivity contribution in [2.45, 2.75) is 26.2 Å². The third-order valence-electron chi connectivity index (χ3n) is 2.28. The second-order valence-corrected chi connectivity index (χ2v) is 4.32. The Morgan fingerprint density at radius 1 is 1.40 bits per heavy atom. The second kappa shape index (κ2) is 6.01. The van der Waals surface area contributed by atoms with E-state index in [0.717, 1.165) is 23.7 Å². The van der Waals surface area contributed by atoms with Crippen molar-refractivity contribution in [3.63, 3.8) is 0 Å². The van der Waals surface area contributed by atoms with Gasteiger partial charge in [-0.3, -0.25) is 4.79 Å². The molecule has 3 heteroatoms. The number of ketones is 1. The lowest BCUT2D eigenvalue weighted by atomic mass is 10.0. The highest BCUT2D eigenvalue weighted by Crippen LogP contribution is 2.14. The second-order valence-electron chi connectivity index (χ2n) is 3.53. The monoisotopic (exact) mass is 272 g/mol. The Hall–Kier alpha value is -0.700. The molecule has 0 atom stereocenters. The lowest BCUT2D eigenvalue weighted by molar-refractivity contribution is 0.0979. The largest absolute Gasteiger partial charge is 0.294 e. The van der Waals surface area contributed by atoms with E-state index in [1.54, 1.807) is 13.0 Å². The van der Waals surface area contributed by atoms with Crippen LogP contribution in [0, 0.1) is 12.7 Å². The molecule has 0 fully saturated rings. The van der Waals surface area contributed by atoms with Crippen molar-refractivity contribution >= 4 is 21.7 Å². The third kappa shape index (κ3) is 3.74. The molecule has 0 aliphatic heterocycles. The first-order valence-electron chi connectivity index (χ1n) is 5.00. The minimum Gasteiger partial charge on any atom is -0.294 e. The molecule has 0 aliphatic rings. The van der Waals surface area contributed by atoms with Gasteiger partial charge in [-0.2, -0.15) is 0 Å². The van der Waals surface area contributed by atoms with E-state index in [4.69, 9.17) is 0 Å². The van der Waals surface area contributed by atoms with Gasteiger partial charge in [0.25, 0.3) is 0 Å². The lowest BCUT2D eigenvalue weighted by Gasteiger charge is -2.04. The van der Waals surface area contributed by atoms with Crippen molar-refractivity contribution in [1.29, 1.82) is 0 Å². The number of carbonyl (C=O) groups is 1. The fourth-order valence-electron chi connectivity index (χ4n) is 1.45. The molecular weight excluding hydrogens is 259 g/mol. The highest BCUT2D eigenvalue weighted by Gasteiger charge is 2.08. The zero-order valence-electron chi connectivity index (χ0n) is 8.72. The number of carbonyl (C=O) groups excluding carboxylic acids is 1. The van der Waals surface area contributed by atoms with Crippen molar-refractivity contribution in [1.82, 2.24) is 0 Å². The van der Waals surface area contributed by atoms with Crippen molar-refractivity contribution in [2.75, 3.05) is 5.33 Å². The smallest absolute Gasteiger partial charge is 0.163 e. The van der Waals surface area contributed by atoms with Crippen LogP contribution in [0.15, 0.2) is 18.2 Å². The molecule has 1 aromatic rings. The molecule has 0 bridgehead atoms. The SMILES string of the molecule is Cc1cc(F)ccc1C(=O)CCCCBr. The molecule has 0 aromatic heterocycles. The predicted molar refractivity (Wildman–Crippen MR) is 63.1 cm³/mol. The molecule has 1 aromatic carbocycles. The maximum atomic E-state index is 12.8. The van der Waals surface area contributed by atoms with Gasteiger partial charge in [-0.15, -0.1) is 0 Å². The Morgan fingerprint density at radius 3 is 2.73 bits per heavy atom. The highest BCUT2D eigenvalue weighted by molar-refractivity contribution is 9.09. The molecule has 0 saturated carbocycles. The number of unbranched alkanes of at least 4 members (excludes halogenated alkanes) is 1. The van der Waals surface area contributed by atoms with E-state index in [9.17, 15) is 9.18 Å². The Bertz CT molecular complexity index is 349. The summed E-state index contributed by atoms with van der Waals surface area (Å²) in [6, 6.07) is 4.31. The van der Waals surface area contributed by atoms with Crippen LogP contribution in [0.2, 0.25) is 0 Å². The molecule has 0 amide bonds. The normalized spacial score (nSPS) is 10.3. The van der Waals surface area contributed by atoms with Crippen LogP contribution in [0.5, 0.6) is 0 Å². The summed E-state index contributed by atoms with van der Waals surface area (Å²) in [7, 11) is 0. The predicted octanol–water partition coefficient (Wildman–Crippen LogP) is 3.88. The van der Waals surface area contributed by atoms with Gasteiger partial charge in [-0.1, -0.05) is 15.9 Å². The summed E-state index contributed by atoms with van der Waals surface area (Å²) in [6.45, 7) is 1.76. The van der Waals surface area contributed by atoms with E-state index in [-0.39, 0.29) is 11.6 Å². The molecule has 0 aliphatic carbocycles. The van der Waals surface area contributed by atoms with Gasteiger partial charge in [0.15, 0.2) is 5.78 Å². The molecule has 1 rings (SSSR count). The Labute approximate surface area is 97.8 Å². The molecule has 1 nitrogen and oxygen atoms in total. The van der Waals surface area contributed by atoms with Crippen LogP contribution in [-0.4, -0.2) is 11.1 Å². The van der Waals surface area contributed by atoms with Crippen LogP contribution >= 0.6 is 15.9 Å². The molecule has 0 heterocycles. The first-order valence-corrected chi connectivity index (χ1v) is 6.12. The summed E-state index contributed by atoms with van der Waals surface area (Å²) < 4.78 is 12.8. The molecular formula is C12H14BrFO. The van der Waals surface area contributed by atoms with Crippen LogP contribution in [0.4, 0.5) is 4.39 Å². The van der Waals surface area contributed by atoms with Gasteiger partial charge < -0.3 is 0 Å². The number of halogens is 2. The summed E-state index contributed by atoms with van der Waals surface area (Å²) in [6.07, 6.45) is 2.41. The zero-order chi connectivity index (χ0) is 11.3. The number of hydrogen-bond donors (Lipinski definition) is 0. The van der Waals surface area contributed by atoms with Crippen molar-refractivity contribution < 1.29 is 9.18 Å². The van der Waals surface area contributed by atoms with Crippen molar-refractivity contribution in [2.24, 2.45) is 0 Å². The van der Waals surface area contributed by atoms with E-state index >= 15 is 0 Å². The first kappa shape index (κ1) is 12.4. The maximum Gasteiger partial charge on any atom is 0.163 e. The highest BCUT2D eigenvalue weighted by atomic mass is 79.9. The fraction of sp³-hybridized carbons (Fsp3) is 0.417. The minimum absolute atomic E-state index is 0.105. The fourth-order valence-corrected chi connectivity index (χ4v) is 1.85. The van der Waals surface area contributed by atoms with Crippen LogP contribution < -0.4 is 0 Å². The number of aryl methyl sites for hydroxylation is 1. The Balaban J connectivity index is 2.65. The van der Waals surface area contributed by atoms with E-state index in [1.165, 1.54) is 12.1 Å². The quantitative estimate of drug-likeness (QED) is 0.452. The van der Waals surface area contributed by atoms with Gasteiger partial charge in [0.1, 0.15) is 5.82 Å². The van der Waals surface area contributed by atoms with Crippen LogP contribution in [0.3, 0.4) is 0 Å². The van der Waals surface area contributed by atoms with Crippen LogP contribution in [-0.2, 0) is 0 Å². The Morgan fingerprint density at radius 2 is 2.13 bits per heavy atom. The molecule has 15 heavy (non-hydrogen) atoms. The van der Waals surface area contributed by atoms with Gasteiger partial charge in [-0.05, 0) is 43.5 Å². The number of Topliss-reactive ketones (excluding diaryl/α,β-unsaturated/α-hetero) is 1. The van der Waals surface area contributed by atoms with Crippen LogP contribution in [0.1, 0.15) is 35.2 Å². The van der Waals surface area contributed by atoms with E-state index < -0.39 is 0 Å². The van der Waals surface area contributed by atoms with Gasteiger partial charge in [0.2, 0.25) is 0 Å². The molecule has 0 unspecified atom stereocenters. The maximum absolute atomic E-state index is 12.8. The van der Waals surface area contributed by atoms with Crippen molar-refractivity contribution in [3.05, 3.63) is 35.1 Å². The van der Waals surface area contributed by atoms with E-state index in [2.05, 4.69) is 15.9 Å². The van der Waals surface area contributed by atoms with Crippen molar-refractivity contribution in [3.8, 4) is 0 Å². The molecule has 0 saturated heterocycles. The van der Waals surface area contributed by atoms with Gasteiger partial charge in [-0.25, -0.2) is 4.39 Å². The van der Waals surface area contributed by atoms with E-state index in [1.807, 2.05) is 0 Å². The minimum atomic E-state index is -0.287. The van der Waals surface area contributed by atoms with Gasteiger partial charge in [0.05, 0.1) is 0 Å². The number of alkyl halides is 1. The molecule has 0 spiro atoms. The molecule has 82 valence electrons. The third-order valence-corrected chi connectivity index (χ3v) is 2.84. The number of hydrogen-bond acceptors (Lipinski definition) is 1. The lowest BCUT2D eigenvalue weighted by Crippen LogP contribution is -2.02. The average Bonchev–Trinajstić information content (AvgIpc) is 2.17. The number of benzene rings is 1. The standard InChI is InChI=1S/C12H14BrFO/c1-9-8-10(14)5-6-11(9)12(15)4-2-3-7-13/h5-6,8H,2-4,7H2,1H3. The summed E-state index contributed by atoms with van der Waals surface area (Å²) in [5, 5.41) is 0.919. The van der Waals surface area contributed by atoms with E-state index in [0.29, 0.717) is 12.0 Å². The molecule has 0 N–H and O–H groups in total. The average molecular weight is 273 g/mol. The zero-order valence-corrected chi connectivity index (χ0v) is 10.3. The van der Waals surface area contributed by atoms with Gasteiger partial charge >= 0.3 is 0 Å². The summed E-state index contributed by atoms with van der Waals surface area (Å²) in [4.78, 5) is 11.7. The molecule has 0 radical (unpaired) electrons.